The van der Waals surface area contributed by atoms with Gasteiger partial charge in [0.1, 0.15) is 23.1 Å². The minimum absolute atomic E-state index is 0.135. The average molecular weight is 499 g/mol. The number of nitrogens with zero attached hydrogens (tertiary/aromatic N) is 2. The Morgan fingerprint density at radius 3 is 2.76 bits per heavy atom. The normalized spacial score (nSPS) is 18.2. The predicted molar refractivity (Wildman–Crippen MR) is 143 cm³/mol. The summed E-state index contributed by atoms with van der Waals surface area (Å²) >= 11 is 0. The maximum atomic E-state index is 12.5. The molecule has 1 N–H and O–H groups in total. The lowest BCUT2D eigenvalue weighted by atomic mass is 9.87. The van der Waals surface area contributed by atoms with Crippen LogP contribution in [0.3, 0.4) is 0 Å². The van der Waals surface area contributed by atoms with Crippen LogP contribution in [0.4, 0.5) is 4.39 Å². The van der Waals surface area contributed by atoms with Crippen molar-refractivity contribution in [2.24, 2.45) is 0 Å². The van der Waals surface area contributed by atoms with Crippen LogP contribution in [0.2, 0.25) is 0 Å². The number of oxazole rings is 1. The Hall–Kier alpha value is -3.64. The first kappa shape index (κ1) is 23.7. The number of phenolic OH excluding ortho intramolecular Hbond substituents is 1. The zero-order chi connectivity index (χ0) is 25.2. The van der Waals surface area contributed by atoms with Gasteiger partial charge >= 0.3 is 0 Å². The lowest BCUT2D eigenvalue weighted by Gasteiger charge is -2.18. The van der Waals surface area contributed by atoms with Gasteiger partial charge in [0, 0.05) is 19.6 Å². The molecule has 0 unspecified atom stereocenters. The second-order valence-corrected chi connectivity index (χ2v) is 9.98. The van der Waals surface area contributed by atoms with E-state index in [1.165, 1.54) is 17.5 Å². The number of aromatic hydroxyl groups is 1. The van der Waals surface area contributed by atoms with Crippen LogP contribution in [0.25, 0.3) is 22.2 Å². The standard InChI is InChI=1S/C31H31FN2O3/c32-14-2-15-34-16-13-26(19-34)37-25-9-5-21(6-10-25)31-27(23-7-12-29-30(18-23)36-20-33-29)4-1-3-22-17-24(35)8-11-28(22)31/h5-12,17-18,20,26,35H,1-4,13-16,19H2/t26-/m0/s1. The van der Waals surface area contributed by atoms with E-state index in [0.717, 1.165) is 84.4 Å². The van der Waals surface area contributed by atoms with Crippen molar-refractivity contribution in [1.82, 2.24) is 9.88 Å². The van der Waals surface area contributed by atoms with Crippen LogP contribution in [0.1, 0.15) is 47.9 Å². The number of phenols is 1. The summed E-state index contributed by atoms with van der Waals surface area (Å²) in [4.78, 5) is 6.55. The van der Waals surface area contributed by atoms with Crippen molar-refractivity contribution in [3.63, 3.8) is 0 Å². The Morgan fingerprint density at radius 2 is 1.89 bits per heavy atom. The number of halogens is 1. The molecule has 1 aliphatic carbocycles. The first-order chi connectivity index (χ1) is 18.2. The largest absolute Gasteiger partial charge is 0.508 e. The quantitative estimate of drug-likeness (QED) is 0.309. The third-order valence-electron chi connectivity index (χ3n) is 7.50. The van der Waals surface area contributed by atoms with Gasteiger partial charge in [-0.1, -0.05) is 24.3 Å². The molecule has 1 atom stereocenters. The highest BCUT2D eigenvalue weighted by molar-refractivity contribution is 6.01. The molecule has 1 aromatic heterocycles. The first-order valence-corrected chi connectivity index (χ1v) is 13.1. The molecule has 0 spiro atoms. The third kappa shape index (κ3) is 4.98. The van der Waals surface area contributed by atoms with Gasteiger partial charge in [0.25, 0.3) is 0 Å². The van der Waals surface area contributed by atoms with Crippen molar-refractivity contribution in [2.75, 3.05) is 26.3 Å². The number of allylic oxidation sites excluding steroid dienone is 1. The van der Waals surface area contributed by atoms with Crippen molar-refractivity contribution in [3.05, 3.63) is 89.3 Å². The molecule has 3 aromatic carbocycles. The summed E-state index contributed by atoms with van der Waals surface area (Å²) in [6.45, 7) is 2.33. The SMILES string of the molecule is Oc1ccc2c(c1)CCCC(c1ccc3ncoc3c1)=C2c1ccc(O[C@H]2CCN(CCCF)C2)cc1. The topological polar surface area (TPSA) is 58.7 Å². The second-order valence-electron chi connectivity index (χ2n) is 9.98. The van der Waals surface area contributed by atoms with Crippen LogP contribution in [0, 0.1) is 0 Å². The summed E-state index contributed by atoms with van der Waals surface area (Å²) in [6.07, 6.45) is 5.98. The van der Waals surface area contributed by atoms with E-state index in [-0.39, 0.29) is 12.8 Å². The highest BCUT2D eigenvalue weighted by Crippen LogP contribution is 2.41. The molecule has 1 saturated heterocycles. The number of alkyl halides is 1. The summed E-state index contributed by atoms with van der Waals surface area (Å²) in [5.74, 6) is 1.15. The number of benzene rings is 3. The molecule has 6 rings (SSSR count). The minimum atomic E-state index is -0.268. The number of aryl methyl sites for hydroxylation is 1. The molecule has 2 aliphatic rings. The number of likely N-dealkylation sites (tertiary alicyclic amines) is 1. The summed E-state index contributed by atoms with van der Waals surface area (Å²) in [5.41, 5.74) is 8.61. The molecule has 0 radical (unpaired) electrons. The number of rotatable bonds is 7. The fourth-order valence-corrected chi connectivity index (χ4v) is 5.71. The smallest absolute Gasteiger partial charge is 0.181 e. The predicted octanol–water partition coefficient (Wildman–Crippen LogP) is 6.64. The first-order valence-electron chi connectivity index (χ1n) is 13.1. The van der Waals surface area contributed by atoms with Gasteiger partial charge in [-0.25, -0.2) is 4.98 Å². The van der Waals surface area contributed by atoms with E-state index >= 15 is 0 Å². The van der Waals surface area contributed by atoms with Crippen molar-refractivity contribution >= 4 is 22.2 Å². The van der Waals surface area contributed by atoms with E-state index in [2.05, 4.69) is 46.3 Å². The molecular formula is C31H31FN2O3. The van der Waals surface area contributed by atoms with Gasteiger partial charge in [-0.2, -0.15) is 0 Å². The van der Waals surface area contributed by atoms with Crippen molar-refractivity contribution < 1.29 is 18.7 Å². The molecule has 5 nitrogen and oxygen atoms in total. The molecule has 2 heterocycles. The minimum Gasteiger partial charge on any atom is -0.508 e. The van der Waals surface area contributed by atoms with Gasteiger partial charge in [-0.3, -0.25) is 9.29 Å². The second kappa shape index (κ2) is 10.4. The lowest BCUT2D eigenvalue weighted by molar-refractivity contribution is 0.198. The molecule has 6 heteroatoms. The number of hydrogen-bond donors (Lipinski definition) is 1. The van der Waals surface area contributed by atoms with Crippen molar-refractivity contribution in [1.29, 1.82) is 0 Å². The Labute approximate surface area is 216 Å². The van der Waals surface area contributed by atoms with Crippen molar-refractivity contribution in [3.8, 4) is 11.5 Å². The Morgan fingerprint density at radius 1 is 1.03 bits per heavy atom. The third-order valence-corrected chi connectivity index (χ3v) is 7.50. The zero-order valence-corrected chi connectivity index (χ0v) is 20.8. The van der Waals surface area contributed by atoms with Crippen LogP contribution >= 0.6 is 0 Å². The molecular weight excluding hydrogens is 467 g/mol. The fourth-order valence-electron chi connectivity index (χ4n) is 5.71. The van der Waals surface area contributed by atoms with Gasteiger partial charge < -0.3 is 14.3 Å². The van der Waals surface area contributed by atoms with Gasteiger partial charge in [0.05, 0.1) is 6.67 Å². The van der Waals surface area contributed by atoms with Gasteiger partial charge in [-0.05, 0) is 102 Å². The van der Waals surface area contributed by atoms with Crippen LogP contribution in [-0.4, -0.2) is 47.4 Å². The molecule has 0 saturated carbocycles. The van der Waals surface area contributed by atoms with Crippen molar-refractivity contribution in [2.45, 2.75) is 38.2 Å². The summed E-state index contributed by atoms with van der Waals surface area (Å²) in [7, 11) is 0. The maximum Gasteiger partial charge on any atom is 0.181 e. The van der Waals surface area contributed by atoms with E-state index in [1.807, 2.05) is 18.2 Å². The maximum absolute atomic E-state index is 12.5. The molecule has 0 bridgehead atoms. The Bertz CT molecular complexity index is 1430. The molecule has 190 valence electrons. The van der Waals surface area contributed by atoms with Crippen LogP contribution in [-0.2, 0) is 6.42 Å². The molecule has 37 heavy (non-hydrogen) atoms. The molecule has 1 aliphatic heterocycles. The number of fused-ring (bicyclic) bond motifs is 2. The summed E-state index contributed by atoms with van der Waals surface area (Å²) in [6, 6.07) is 20.3. The Balaban J connectivity index is 1.35. The van der Waals surface area contributed by atoms with Crippen LogP contribution in [0.15, 0.2) is 71.5 Å². The summed E-state index contributed by atoms with van der Waals surface area (Å²) < 4.78 is 24.4. The molecule has 1 fully saturated rings. The van der Waals surface area contributed by atoms with Crippen LogP contribution < -0.4 is 4.74 Å². The van der Waals surface area contributed by atoms with Gasteiger partial charge in [0.15, 0.2) is 12.0 Å². The fraction of sp³-hybridized carbons (Fsp3) is 0.323. The molecule has 4 aromatic rings. The summed E-state index contributed by atoms with van der Waals surface area (Å²) in [5, 5.41) is 10.2. The van der Waals surface area contributed by atoms with Crippen LogP contribution in [0.5, 0.6) is 11.5 Å². The highest BCUT2D eigenvalue weighted by Gasteiger charge is 2.24. The van der Waals surface area contributed by atoms with E-state index in [1.54, 1.807) is 6.07 Å². The van der Waals surface area contributed by atoms with E-state index in [4.69, 9.17) is 9.15 Å². The number of hydrogen-bond acceptors (Lipinski definition) is 5. The monoisotopic (exact) mass is 498 g/mol. The highest BCUT2D eigenvalue weighted by atomic mass is 19.1. The van der Waals surface area contributed by atoms with Gasteiger partial charge in [0.2, 0.25) is 0 Å². The zero-order valence-electron chi connectivity index (χ0n) is 20.8. The molecule has 0 amide bonds. The number of ether oxygens (including phenoxy) is 1. The number of aromatic nitrogens is 1. The van der Waals surface area contributed by atoms with E-state index in [9.17, 15) is 9.50 Å². The Kier molecular flexibility index (Phi) is 6.66. The average Bonchev–Trinajstić information content (AvgIpc) is 3.53. The van der Waals surface area contributed by atoms with Gasteiger partial charge in [-0.15, -0.1) is 0 Å². The van der Waals surface area contributed by atoms with E-state index < -0.39 is 0 Å². The van der Waals surface area contributed by atoms with E-state index in [0.29, 0.717) is 12.2 Å². The lowest BCUT2D eigenvalue weighted by Crippen LogP contribution is -2.26.